The van der Waals surface area contributed by atoms with Crippen LogP contribution in [0.5, 0.6) is 0 Å². The molecule has 12 heteroatoms. The minimum absolute atomic E-state index is 0.0403. The largest absolute Gasteiger partial charge is 0.393 e. The lowest BCUT2D eigenvalue weighted by Gasteiger charge is -2.29. The molecule has 2 heterocycles. The van der Waals surface area contributed by atoms with Gasteiger partial charge >= 0.3 is 0 Å². The number of aromatic nitrogens is 4. The molecule has 0 radical (unpaired) electrons. The first kappa shape index (κ1) is 25.0. The maximum atomic E-state index is 14.7. The van der Waals surface area contributed by atoms with Gasteiger partial charge in [-0.25, -0.2) is 14.4 Å². The predicted octanol–water partition coefficient (Wildman–Crippen LogP) is 4.95. The van der Waals surface area contributed by atoms with E-state index in [1.54, 1.807) is 6.20 Å². The van der Waals surface area contributed by atoms with E-state index in [4.69, 9.17) is 33.9 Å². The summed E-state index contributed by atoms with van der Waals surface area (Å²) in [6, 6.07) is 2.68. The monoisotopic (exact) mass is 535 g/mol. The Hall–Kier alpha value is -2.69. The molecule has 2 fully saturated rings. The minimum Gasteiger partial charge on any atom is -0.393 e. The first-order valence-corrected chi connectivity index (χ1v) is 12.9. The molecule has 1 amide bonds. The fraction of sp³-hybridized carbons (Fsp3) is 0.500. The number of nitrogens with one attached hydrogen (secondary N) is 2. The van der Waals surface area contributed by atoms with E-state index in [1.165, 1.54) is 12.1 Å². The van der Waals surface area contributed by atoms with Crippen molar-refractivity contribution in [3.8, 4) is 0 Å². The van der Waals surface area contributed by atoms with Gasteiger partial charge in [-0.3, -0.25) is 9.36 Å². The van der Waals surface area contributed by atoms with Gasteiger partial charge in [0.2, 0.25) is 17.8 Å². The van der Waals surface area contributed by atoms with E-state index >= 15 is 0 Å². The van der Waals surface area contributed by atoms with Gasteiger partial charge in [-0.1, -0.05) is 23.2 Å². The number of fused-ring (bicyclic) bond motifs is 1. The number of halogens is 3. The maximum absolute atomic E-state index is 14.7. The Kier molecular flexibility index (Phi) is 7.18. The van der Waals surface area contributed by atoms with Crippen molar-refractivity contribution in [1.29, 1.82) is 0 Å². The fourth-order valence-corrected chi connectivity index (χ4v) is 5.78. The highest BCUT2D eigenvalue weighted by atomic mass is 35.5. The second-order valence-electron chi connectivity index (χ2n) is 9.65. The second kappa shape index (κ2) is 10.4. The molecule has 3 aromatic rings. The lowest BCUT2D eigenvalue weighted by atomic mass is 9.85. The molecule has 2 aromatic heterocycles. The lowest BCUT2D eigenvalue weighted by Crippen LogP contribution is -2.30. The Morgan fingerprint density at radius 3 is 2.61 bits per heavy atom. The van der Waals surface area contributed by atoms with Crippen LogP contribution in [0.3, 0.4) is 0 Å². The molecule has 1 aromatic carbocycles. The van der Waals surface area contributed by atoms with E-state index < -0.39 is 5.82 Å². The van der Waals surface area contributed by atoms with Crippen LogP contribution < -0.4 is 16.4 Å². The van der Waals surface area contributed by atoms with Crippen molar-refractivity contribution >= 4 is 57.9 Å². The van der Waals surface area contributed by atoms with Crippen molar-refractivity contribution in [2.24, 2.45) is 11.7 Å². The Morgan fingerprint density at radius 1 is 1.14 bits per heavy atom. The number of nitrogens with zero attached hydrogens (tertiary/aromatic N) is 4. The third kappa shape index (κ3) is 5.21. The third-order valence-electron chi connectivity index (χ3n) is 7.12. The van der Waals surface area contributed by atoms with Crippen LogP contribution in [0, 0.1) is 11.7 Å². The molecule has 36 heavy (non-hydrogen) atoms. The summed E-state index contributed by atoms with van der Waals surface area (Å²) in [6.07, 6.45) is 7.26. The van der Waals surface area contributed by atoms with E-state index in [2.05, 4.69) is 20.6 Å². The number of hydrogen-bond acceptors (Lipinski definition) is 7. The molecule has 0 unspecified atom stereocenters. The number of benzene rings is 1. The maximum Gasteiger partial charge on any atom is 0.224 e. The summed E-state index contributed by atoms with van der Waals surface area (Å²) >= 11 is 12.2. The van der Waals surface area contributed by atoms with E-state index in [0.717, 1.165) is 19.3 Å². The van der Waals surface area contributed by atoms with Crippen LogP contribution in [-0.2, 0) is 4.79 Å². The summed E-state index contributed by atoms with van der Waals surface area (Å²) < 4.78 is 16.7. The topological polar surface area (TPSA) is 131 Å². The molecule has 2 aliphatic carbocycles. The van der Waals surface area contributed by atoms with Crippen LogP contribution in [-0.4, -0.2) is 42.7 Å². The van der Waals surface area contributed by atoms with Crippen molar-refractivity contribution < 1.29 is 14.3 Å². The van der Waals surface area contributed by atoms with Crippen LogP contribution in [0.2, 0.25) is 10.0 Å². The highest BCUT2D eigenvalue weighted by molar-refractivity contribution is 6.36. The third-order valence-corrected chi connectivity index (χ3v) is 7.64. The molecule has 0 saturated heterocycles. The number of amides is 1. The average molecular weight is 536 g/mol. The molecule has 192 valence electrons. The Balaban J connectivity index is 1.51. The van der Waals surface area contributed by atoms with Crippen molar-refractivity contribution in [3.63, 3.8) is 0 Å². The number of rotatable bonds is 6. The SMILES string of the molecule is NC(=O)[C@H]1CC[C@H](n2c(Nc3c(F)cc(Cl)cc3Cl)nc3cnc(N[C@H]4CCC[C@@H](O)C4)nc32)CC1. The van der Waals surface area contributed by atoms with Crippen molar-refractivity contribution in [1.82, 2.24) is 19.5 Å². The second-order valence-corrected chi connectivity index (χ2v) is 10.5. The molecule has 0 aliphatic heterocycles. The van der Waals surface area contributed by atoms with Crippen molar-refractivity contribution in [2.75, 3.05) is 10.6 Å². The van der Waals surface area contributed by atoms with Gasteiger partial charge in [0.15, 0.2) is 5.65 Å². The molecule has 5 rings (SSSR count). The fourth-order valence-electron chi connectivity index (χ4n) is 5.26. The van der Waals surface area contributed by atoms with Crippen molar-refractivity contribution in [3.05, 3.63) is 34.2 Å². The standard InChI is InChI=1S/C24H28Cl2FN7O2/c25-13-8-17(26)20(18(27)9-13)32-24-31-19-11-29-23(30-14-2-1-3-16(35)10-14)33-22(19)34(24)15-6-4-12(5-7-15)21(28)36/h8-9,11-12,14-16,35H,1-7,10H2,(H2,28,36)(H,31,32)(H,29,30,33)/t12-,14-,15-,16+/m0/s1. The molecule has 2 aliphatic rings. The molecule has 0 bridgehead atoms. The van der Waals surface area contributed by atoms with Crippen molar-refractivity contribution in [2.45, 2.75) is 69.6 Å². The summed E-state index contributed by atoms with van der Waals surface area (Å²) in [4.78, 5) is 25.5. The minimum atomic E-state index is -0.604. The van der Waals surface area contributed by atoms with E-state index in [9.17, 15) is 14.3 Å². The molecule has 2 saturated carbocycles. The van der Waals surface area contributed by atoms with Gasteiger partial charge in [0.25, 0.3) is 0 Å². The molecule has 9 nitrogen and oxygen atoms in total. The molecule has 5 N–H and O–H groups in total. The number of imidazole rings is 1. The van der Waals surface area contributed by atoms with Gasteiger partial charge in [0.05, 0.1) is 23.0 Å². The normalized spacial score (nSPS) is 24.6. The zero-order valence-electron chi connectivity index (χ0n) is 19.6. The number of anilines is 3. The molecular formula is C24H28Cl2FN7O2. The number of carbonyl (C=O) groups is 1. The van der Waals surface area contributed by atoms with Gasteiger partial charge in [-0.15, -0.1) is 0 Å². The van der Waals surface area contributed by atoms with Crippen LogP contribution in [0.1, 0.15) is 57.4 Å². The van der Waals surface area contributed by atoms with Gasteiger partial charge in [0.1, 0.15) is 11.3 Å². The first-order chi connectivity index (χ1) is 17.3. The number of aliphatic hydroxyl groups is 1. The van der Waals surface area contributed by atoms with E-state index in [-0.39, 0.29) is 45.7 Å². The van der Waals surface area contributed by atoms with Crippen LogP contribution in [0.4, 0.5) is 22.0 Å². The number of carbonyl (C=O) groups excluding carboxylic acids is 1. The van der Waals surface area contributed by atoms with Gasteiger partial charge in [-0.2, -0.15) is 4.98 Å². The zero-order valence-corrected chi connectivity index (χ0v) is 21.1. The Morgan fingerprint density at radius 2 is 1.92 bits per heavy atom. The summed E-state index contributed by atoms with van der Waals surface area (Å²) in [5.74, 6) is -0.250. The quantitative estimate of drug-likeness (QED) is 0.351. The number of nitrogens with two attached hydrogens (primary N) is 1. The summed E-state index contributed by atoms with van der Waals surface area (Å²) in [5.41, 5.74) is 6.71. The van der Waals surface area contributed by atoms with Crippen LogP contribution in [0.15, 0.2) is 18.3 Å². The Bertz CT molecular complexity index is 1260. The zero-order chi connectivity index (χ0) is 25.4. The highest BCUT2D eigenvalue weighted by Crippen LogP contribution is 2.38. The number of aliphatic hydroxyl groups excluding tert-OH is 1. The Labute approximate surface area is 217 Å². The average Bonchev–Trinajstić information content (AvgIpc) is 3.18. The number of primary amides is 1. The first-order valence-electron chi connectivity index (χ1n) is 12.2. The molecule has 0 spiro atoms. The highest BCUT2D eigenvalue weighted by Gasteiger charge is 2.30. The van der Waals surface area contributed by atoms with Gasteiger partial charge < -0.3 is 21.5 Å². The van der Waals surface area contributed by atoms with E-state index in [1.807, 2.05) is 4.57 Å². The smallest absolute Gasteiger partial charge is 0.224 e. The van der Waals surface area contributed by atoms with E-state index in [0.29, 0.717) is 55.2 Å². The predicted molar refractivity (Wildman–Crippen MR) is 137 cm³/mol. The number of hydrogen-bond donors (Lipinski definition) is 4. The van der Waals surface area contributed by atoms with Gasteiger partial charge in [0, 0.05) is 23.0 Å². The summed E-state index contributed by atoms with van der Waals surface area (Å²) in [6.45, 7) is 0. The van der Waals surface area contributed by atoms with Crippen LogP contribution >= 0.6 is 23.2 Å². The summed E-state index contributed by atoms with van der Waals surface area (Å²) in [7, 11) is 0. The molecular weight excluding hydrogens is 508 g/mol. The molecule has 2 atom stereocenters. The van der Waals surface area contributed by atoms with Gasteiger partial charge in [-0.05, 0) is 63.5 Å². The van der Waals surface area contributed by atoms with Crippen LogP contribution in [0.25, 0.3) is 11.2 Å². The lowest BCUT2D eigenvalue weighted by molar-refractivity contribution is -0.122. The summed E-state index contributed by atoms with van der Waals surface area (Å²) in [5, 5.41) is 16.7.